The molecule has 0 aliphatic carbocycles. The molecule has 5 nitrogen and oxygen atoms in total. The lowest BCUT2D eigenvalue weighted by molar-refractivity contribution is -0.141. The summed E-state index contributed by atoms with van der Waals surface area (Å²) >= 11 is 0. The summed E-state index contributed by atoms with van der Waals surface area (Å²) in [5.41, 5.74) is 1.08. The average molecular weight is 302 g/mol. The number of nitrogens with zero attached hydrogens (tertiary/aromatic N) is 2. The van der Waals surface area contributed by atoms with Gasteiger partial charge in [0, 0.05) is 38.5 Å². The van der Waals surface area contributed by atoms with Crippen LogP contribution in [0.5, 0.6) is 0 Å². The van der Waals surface area contributed by atoms with Crippen LogP contribution in [0.25, 0.3) is 0 Å². The van der Waals surface area contributed by atoms with Gasteiger partial charge in [-0.3, -0.25) is 9.59 Å². The third kappa shape index (κ3) is 3.95. The molecule has 0 aromatic heterocycles. The quantitative estimate of drug-likeness (QED) is 0.826. The van der Waals surface area contributed by atoms with Crippen molar-refractivity contribution in [1.29, 1.82) is 0 Å². The first kappa shape index (κ1) is 16.2. The minimum Gasteiger partial charge on any atom is -0.387 e. The van der Waals surface area contributed by atoms with Crippen LogP contribution < -0.4 is 0 Å². The first-order chi connectivity index (χ1) is 10.7. The summed E-state index contributed by atoms with van der Waals surface area (Å²) in [5.74, 6) is -0.198. The molecule has 0 saturated carbocycles. The molecule has 1 heterocycles. The molecule has 1 atom stereocenters. The van der Waals surface area contributed by atoms with Crippen molar-refractivity contribution in [3.8, 4) is 0 Å². The number of carbonyl (C=O) groups is 2. The average Bonchev–Trinajstić information content (AvgIpc) is 2.59. The molecule has 2 rings (SSSR count). The van der Waals surface area contributed by atoms with Crippen LogP contribution in [0, 0.1) is 0 Å². The van der Waals surface area contributed by atoms with Gasteiger partial charge in [0.05, 0.1) is 0 Å². The summed E-state index contributed by atoms with van der Waals surface area (Å²) in [6, 6.07) is 9.85. The smallest absolute Gasteiger partial charge is 0.248 e. The molecule has 1 N–H and O–H groups in total. The minimum atomic E-state index is -0.472. The van der Waals surface area contributed by atoms with Crippen LogP contribution >= 0.6 is 0 Å². The molecule has 1 saturated heterocycles. The monoisotopic (exact) mass is 302 g/mol. The topological polar surface area (TPSA) is 60.9 Å². The fourth-order valence-corrected chi connectivity index (χ4v) is 2.66. The van der Waals surface area contributed by atoms with E-state index < -0.39 is 6.61 Å². The van der Waals surface area contributed by atoms with Crippen LogP contribution in [-0.4, -0.2) is 59.5 Å². The Kier molecular flexibility index (Phi) is 5.72. The van der Waals surface area contributed by atoms with Crippen LogP contribution in [0.3, 0.4) is 0 Å². The Labute approximate surface area is 130 Å². The van der Waals surface area contributed by atoms with E-state index in [0.717, 1.165) is 5.56 Å². The van der Waals surface area contributed by atoms with Crippen molar-refractivity contribution in [3.05, 3.63) is 48.6 Å². The number of aliphatic hydroxyl groups is 1. The highest BCUT2D eigenvalue weighted by atomic mass is 16.3. The standard InChI is InChI=1S/C17H22N2O3/c1-2-14(15-6-4-3-5-7-15)12-16(21)18-8-10-19(11-9-18)17(22)13-20/h2-7,14,20H,1,8-13H2. The summed E-state index contributed by atoms with van der Waals surface area (Å²) in [4.78, 5) is 27.2. The van der Waals surface area contributed by atoms with Gasteiger partial charge in [0.1, 0.15) is 6.61 Å². The van der Waals surface area contributed by atoms with E-state index in [9.17, 15) is 9.59 Å². The Morgan fingerprint density at radius 1 is 1.09 bits per heavy atom. The van der Waals surface area contributed by atoms with Gasteiger partial charge in [0.25, 0.3) is 0 Å². The van der Waals surface area contributed by atoms with Crippen LogP contribution in [0.15, 0.2) is 43.0 Å². The molecule has 0 bridgehead atoms. The maximum absolute atomic E-state index is 12.4. The van der Waals surface area contributed by atoms with Gasteiger partial charge in [0.15, 0.2) is 0 Å². The van der Waals surface area contributed by atoms with Gasteiger partial charge >= 0.3 is 0 Å². The summed E-state index contributed by atoms with van der Waals surface area (Å²) < 4.78 is 0. The summed E-state index contributed by atoms with van der Waals surface area (Å²) in [5, 5.41) is 8.86. The third-order valence-corrected chi connectivity index (χ3v) is 4.03. The molecule has 1 aromatic rings. The van der Waals surface area contributed by atoms with Gasteiger partial charge in [-0.1, -0.05) is 36.4 Å². The van der Waals surface area contributed by atoms with Gasteiger partial charge in [0.2, 0.25) is 11.8 Å². The maximum atomic E-state index is 12.4. The number of aliphatic hydroxyl groups excluding tert-OH is 1. The number of piperazine rings is 1. The molecule has 1 aromatic carbocycles. The lowest BCUT2D eigenvalue weighted by Crippen LogP contribution is -2.51. The predicted molar refractivity (Wildman–Crippen MR) is 84.2 cm³/mol. The van der Waals surface area contributed by atoms with E-state index in [2.05, 4.69) is 6.58 Å². The number of benzene rings is 1. The molecule has 5 heteroatoms. The Balaban J connectivity index is 1.90. The van der Waals surface area contributed by atoms with Crippen molar-refractivity contribution in [3.63, 3.8) is 0 Å². The molecular weight excluding hydrogens is 280 g/mol. The molecule has 2 amide bonds. The first-order valence-electron chi connectivity index (χ1n) is 7.49. The minimum absolute atomic E-state index is 0.00537. The van der Waals surface area contributed by atoms with E-state index in [1.54, 1.807) is 15.9 Å². The Bertz CT molecular complexity index is 522. The van der Waals surface area contributed by atoms with Crippen LogP contribution in [0.1, 0.15) is 17.9 Å². The van der Waals surface area contributed by atoms with Gasteiger partial charge < -0.3 is 14.9 Å². The second-order valence-corrected chi connectivity index (χ2v) is 5.38. The molecule has 1 aliphatic rings. The molecule has 118 valence electrons. The summed E-state index contributed by atoms with van der Waals surface area (Å²) in [6.07, 6.45) is 2.19. The number of rotatable bonds is 5. The highest BCUT2D eigenvalue weighted by Crippen LogP contribution is 2.22. The van der Waals surface area contributed by atoms with Crippen molar-refractivity contribution in [2.45, 2.75) is 12.3 Å². The summed E-state index contributed by atoms with van der Waals surface area (Å²) in [6.45, 7) is 5.36. The van der Waals surface area contributed by atoms with Crippen molar-refractivity contribution in [1.82, 2.24) is 9.80 Å². The highest BCUT2D eigenvalue weighted by molar-refractivity contribution is 5.79. The highest BCUT2D eigenvalue weighted by Gasteiger charge is 2.25. The van der Waals surface area contributed by atoms with Gasteiger partial charge in [-0.25, -0.2) is 0 Å². The zero-order valence-corrected chi connectivity index (χ0v) is 12.6. The van der Waals surface area contributed by atoms with E-state index in [1.807, 2.05) is 30.3 Å². The van der Waals surface area contributed by atoms with E-state index >= 15 is 0 Å². The van der Waals surface area contributed by atoms with Crippen molar-refractivity contribution in [2.75, 3.05) is 32.8 Å². The van der Waals surface area contributed by atoms with Gasteiger partial charge in [-0.05, 0) is 5.56 Å². The predicted octanol–water partition coefficient (Wildman–Crippen LogP) is 1.01. The van der Waals surface area contributed by atoms with Crippen molar-refractivity contribution in [2.24, 2.45) is 0 Å². The lowest BCUT2D eigenvalue weighted by atomic mass is 9.95. The Morgan fingerprint density at radius 3 is 2.14 bits per heavy atom. The van der Waals surface area contributed by atoms with Crippen molar-refractivity contribution < 1.29 is 14.7 Å². The fourth-order valence-electron chi connectivity index (χ4n) is 2.66. The fraction of sp³-hybridized carbons (Fsp3) is 0.412. The zero-order valence-electron chi connectivity index (χ0n) is 12.6. The van der Waals surface area contributed by atoms with Crippen LogP contribution in [0.2, 0.25) is 0 Å². The zero-order chi connectivity index (χ0) is 15.9. The number of allylic oxidation sites excluding steroid dienone is 1. The molecule has 1 fully saturated rings. The molecule has 1 aliphatic heterocycles. The molecule has 0 radical (unpaired) electrons. The van der Waals surface area contributed by atoms with Gasteiger partial charge in [-0.2, -0.15) is 0 Å². The van der Waals surface area contributed by atoms with Crippen LogP contribution in [0.4, 0.5) is 0 Å². The number of hydrogen-bond donors (Lipinski definition) is 1. The second-order valence-electron chi connectivity index (χ2n) is 5.38. The number of carbonyl (C=O) groups excluding carboxylic acids is 2. The van der Waals surface area contributed by atoms with E-state index in [-0.39, 0.29) is 17.7 Å². The molecule has 22 heavy (non-hydrogen) atoms. The largest absolute Gasteiger partial charge is 0.387 e. The summed E-state index contributed by atoms with van der Waals surface area (Å²) in [7, 11) is 0. The molecular formula is C17H22N2O3. The van der Waals surface area contributed by atoms with E-state index in [1.165, 1.54) is 0 Å². The lowest BCUT2D eigenvalue weighted by Gasteiger charge is -2.35. The van der Waals surface area contributed by atoms with E-state index in [0.29, 0.717) is 32.6 Å². The Hall–Kier alpha value is -2.14. The van der Waals surface area contributed by atoms with Crippen LogP contribution in [-0.2, 0) is 9.59 Å². The second kappa shape index (κ2) is 7.75. The molecule has 0 spiro atoms. The Morgan fingerprint density at radius 2 is 1.64 bits per heavy atom. The normalized spacial score (nSPS) is 16.2. The van der Waals surface area contributed by atoms with Gasteiger partial charge in [-0.15, -0.1) is 6.58 Å². The van der Waals surface area contributed by atoms with E-state index in [4.69, 9.17) is 5.11 Å². The molecule has 1 unspecified atom stereocenters. The number of amides is 2. The third-order valence-electron chi connectivity index (χ3n) is 4.03. The SMILES string of the molecule is C=CC(CC(=O)N1CCN(C(=O)CO)CC1)c1ccccc1. The first-order valence-corrected chi connectivity index (χ1v) is 7.49. The maximum Gasteiger partial charge on any atom is 0.248 e. The van der Waals surface area contributed by atoms with Crippen molar-refractivity contribution >= 4 is 11.8 Å². The number of hydrogen-bond acceptors (Lipinski definition) is 3.